The van der Waals surface area contributed by atoms with Crippen molar-refractivity contribution in [3.63, 3.8) is 0 Å². The number of hydrogen-bond donors (Lipinski definition) is 1. The smallest absolute Gasteiger partial charge is 0.161 e. The van der Waals surface area contributed by atoms with Crippen LogP contribution in [0.2, 0.25) is 0 Å². The fourth-order valence-corrected chi connectivity index (χ4v) is 2.70. The summed E-state index contributed by atoms with van der Waals surface area (Å²) in [6.45, 7) is 8.33. The SMILES string of the molecule is CCC1N=C(Nc2cc(C)nc(-c3ccc(C)cc3)n2)C=C1C. The number of anilines is 1. The van der Waals surface area contributed by atoms with Gasteiger partial charge in [-0.25, -0.2) is 9.97 Å². The van der Waals surface area contributed by atoms with Crippen LogP contribution in [-0.4, -0.2) is 21.8 Å². The van der Waals surface area contributed by atoms with E-state index in [1.165, 1.54) is 11.1 Å². The minimum absolute atomic E-state index is 0.289. The topological polar surface area (TPSA) is 50.2 Å². The van der Waals surface area contributed by atoms with Crippen LogP contribution in [0.4, 0.5) is 5.82 Å². The van der Waals surface area contributed by atoms with Crippen LogP contribution in [0.5, 0.6) is 0 Å². The molecule has 1 atom stereocenters. The number of aromatic nitrogens is 2. The maximum Gasteiger partial charge on any atom is 0.161 e. The number of nitrogens with zero attached hydrogens (tertiary/aromatic N) is 3. The van der Waals surface area contributed by atoms with Gasteiger partial charge in [-0.2, -0.15) is 0 Å². The van der Waals surface area contributed by atoms with Crippen LogP contribution in [0.15, 0.2) is 47.0 Å². The molecule has 2 heterocycles. The third-order valence-electron chi connectivity index (χ3n) is 3.99. The Balaban J connectivity index is 1.88. The van der Waals surface area contributed by atoms with Crippen molar-refractivity contribution in [2.75, 3.05) is 5.32 Å². The summed E-state index contributed by atoms with van der Waals surface area (Å²) in [4.78, 5) is 13.9. The second kappa shape index (κ2) is 6.32. The number of amidine groups is 1. The summed E-state index contributed by atoms with van der Waals surface area (Å²) in [6.07, 6.45) is 3.11. The number of benzene rings is 1. The largest absolute Gasteiger partial charge is 0.325 e. The molecule has 1 N–H and O–H groups in total. The first-order valence-electron chi connectivity index (χ1n) is 8.01. The molecule has 23 heavy (non-hydrogen) atoms. The van der Waals surface area contributed by atoms with E-state index < -0.39 is 0 Å². The summed E-state index contributed by atoms with van der Waals surface area (Å²) >= 11 is 0. The van der Waals surface area contributed by atoms with E-state index >= 15 is 0 Å². The molecule has 1 aromatic heterocycles. The van der Waals surface area contributed by atoms with E-state index in [0.717, 1.165) is 35.2 Å². The van der Waals surface area contributed by atoms with Gasteiger partial charge in [-0.3, -0.25) is 4.99 Å². The summed E-state index contributed by atoms with van der Waals surface area (Å²) in [7, 11) is 0. The first-order valence-corrected chi connectivity index (χ1v) is 8.01. The van der Waals surface area contributed by atoms with Crippen molar-refractivity contribution in [1.82, 2.24) is 9.97 Å². The molecule has 4 heteroatoms. The van der Waals surface area contributed by atoms with Crippen molar-refractivity contribution in [1.29, 1.82) is 0 Å². The van der Waals surface area contributed by atoms with Gasteiger partial charge >= 0.3 is 0 Å². The average Bonchev–Trinajstić information content (AvgIpc) is 2.87. The molecule has 0 spiro atoms. The second-order valence-electron chi connectivity index (χ2n) is 6.04. The zero-order valence-electron chi connectivity index (χ0n) is 14.1. The van der Waals surface area contributed by atoms with Crippen molar-refractivity contribution in [2.45, 2.75) is 40.2 Å². The molecular weight excluding hydrogens is 284 g/mol. The number of aliphatic imine (C=N–C) groups is 1. The van der Waals surface area contributed by atoms with Gasteiger partial charge in [0.2, 0.25) is 0 Å². The first-order chi connectivity index (χ1) is 11.0. The standard InChI is InChI=1S/C19H22N4/c1-5-16-13(3)10-17(21-16)22-18-11-14(4)20-19(23-18)15-8-6-12(2)7-9-15/h6-11,16H,5H2,1-4H3,(H,20,21,22,23). The Labute approximate surface area is 137 Å². The monoisotopic (exact) mass is 306 g/mol. The predicted octanol–water partition coefficient (Wildman–Crippen LogP) is 4.31. The highest BCUT2D eigenvalue weighted by Crippen LogP contribution is 2.21. The van der Waals surface area contributed by atoms with Gasteiger partial charge in [-0.15, -0.1) is 0 Å². The van der Waals surface area contributed by atoms with E-state index in [0.29, 0.717) is 0 Å². The molecule has 1 unspecified atom stereocenters. The van der Waals surface area contributed by atoms with Crippen LogP contribution in [0.3, 0.4) is 0 Å². The number of rotatable bonds is 3. The normalized spacial score (nSPS) is 17.0. The third-order valence-corrected chi connectivity index (χ3v) is 3.99. The summed E-state index contributed by atoms with van der Waals surface area (Å²) in [5.41, 5.74) is 4.48. The van der Waals surface area contributed by atoms with Gasteiger partial charge in [0.05, 0.1) is 6.04 Å². The first kappa shape index (κ1) is 15.4. The minimum Gasteiger partial charge on any atom is -0.325 e. The quantitative estimate of drug-likeness (QED) is 0.919. The predicted molar refractivity (Wildman–Crippen MR) is 95.8 cm³/mol. The molecule has 2 aromatic rings. The Bertz CT molecular complexity index is 772. The lowest BCUT2D eigenvalue weighted by molar-refractivity contribution is 0.756. The van der Waals surface area contributed by atoms with E-state index in [4.69, 9.17) is 0 Å². The maximum absolute atomic E-state index is 4.68. The fraction of sp³-hybridized carbons (Fsp3) is 0.316. The van der Waals surface area contributed by atoms with E-state index in [9.17, 15) is 0 Å². The number of nitrogens with one attached hydrogen (secondary N) is 1. The molecule has 4 nitrogen and oxygen atoms in total. The average molecular weight is 306 g/mol. The van der Waals surface area contributed by atoms with E-state index in [1.807, 2.05) is 13.0 Å². The Morgan fingerprint density at radius 2 is 1.78 bits per heavy atom. The summed E-state index contributed by atoms with van der Waals surface area (Å²) in [5.74, 6) is 2.40. The number of hydrogen-bond acceptors (Lipinski definition) is 4. The Hall–Kier alpha value is -2.49. The molecule has 0 amide bonds. The zero-order valence-corrected chi connectivity index (χ0v) is 14.1. The van der Waals surface area contributed by atoms with Crippen LogP contribution in [-0.2, 0) is 0 Å². The van der Waals surface area contributed by atoms with Crippen molar-refractivity contribution in [3.8, 4) is 11.4 Å². The van der Waals surface area contributed by atoms with Crippen LogP contribution in [0.1, 0.15) is 31.5 Å². The van der Waals surface area contributed by atoms with Gasteiger partial charge in [0.1, 0.15) is 11.7 Å². The maximum atomic E-state index is 4.68. The van der Waals surface area contributed by atoms with Crippen LogP contribution >= 0.6 is 0 Å². The molecule has 1 aliphatic heterocycles. The Morgan fingerprint density at radius 3 is 2.43 bits per heavy atom. The van der Waals surface area contributed by atoms with Crippen LogP contribution in [0.25, 0.3) is 11.4 Å². The summed E-state index contributed by atoms with van der Waals surface area (Å²) in [6, 6.07) is 10.5. The number of aryl methyl sites for hydroxylation is 2. The third kappa shape index (κ3) is 3.47. The molecule has 0 bridgehead atoms. The van der Waals surface area contributed by atoms with Crippen LogP contribution < -0.4 is 5.32 Å². The van der Waals surface area contributed by atoms with Gasteiger partial charge in [-0.05, 0) is 38.8 Å². The van der Waals surface area contributed by atoms with Gasteiger partial charge in [0.25, 0.3) is 0 Å². The van der Waals surface area contributed by atoms with Crippen molar-refractivity contribution in [2.24, 2.45) is 4.99 Å². The molecule has 1 aromatic carbocycles. The molecule has 0 radical (unpaired) electrons. The summed E-state index contributed by atoms with van der Waals surface area (Å²) in [5, 5.41) is 3.32. The Kier molecular flexibility index (Phi) is 4.24. The Morgan fingerprint density at radius 1 is 1.04 bits per heavy atom. The fourth-order valence-electron chi connectivity index (χ4n) is 2.70. The lowest BCUT2D eigenvalue weighted by Crippen LogP contribution is -2.10. The van der Waals surface area contributed by atoms with Crippen LogP contribution in [0, 0.1) is 13.8 Å². The highest BCUT2D eigenvalue weighted by Gasteiger charge is 2.16. The van der Waals surface area contributed by atoms with Gasteiger partial charge in [0.15, 0.2) is 5.82 Å². The van der Waals surface area contributed by atoms with Gasteiger partial charge in [-0.1, -0.05) is 36.8 Å². The molecule has 0 saturated carbocycles. The molecular formula is C19H22N4. The van der Waals surface area contributed by atoms with Crippen molar-refractivity contribution in [3.05, 3.63) is 53.2 Å². The zero-order chi connectivity index (χ0) is 16.4. The lowest BCUT2D eigenvalue weighted by atomic mass is 10.1. The van der Waals surface area contributed by atoms with Crippen molar-refractivity contribution >= 4 is 11.7 Å². The van der Waals surface area contributed by atoms with E-state index in [2.05, 4.69) is 71.4 Å². The van der Waals surface area contributed by atoms with Gasteiger partial charge in [0, 0.05) is 17.3 Å². The van der Waals surface area contributed by atoms with E-state index in [-0.39, 0.29) is 6.04 Å². The molecule has 118 valence electrons. The van der Waals surface area contributed by atoms with E-state index in [1.54, 1.807) is 0 Å². The molecule has 0 fully saturated rings. The molecule has 3 rings (SSSR count). The molecule has 0 saturated heterocycles. The van der Waals surface area contributed by atoms with Crippen molar-refractivity contribution < 1.29 is 0 Å². The molecule has 0 aliphatic carbocycles. The summed E-state index contributed by atoms with van der Waals surface area (Å²) < 4.78 is 0. The highest BCUT2D eigenvalue weighted by molar-refractivity contribution is 6.05. The lowest BCUT2D eigenvalue weighted by Gasteiger charge is -2.08. The minimum atomic E-state index is 0.289. The molecule has 1 aliphatic rings. The second-order valence-corrected chi connectivity index (χ2v) is 6.04. The highest BCUT2D eigenvalue weighted by atomic mass is 15.1. The van der Waals surface area contributed by atoms with Gasteiger partial charge < -0.3 is 5.32 Å².